The molecule has 0 saturated heterocycles. The standard InChI is InChI=1S/C17H20Br2ClN3OS/c18-11-5-10(7-21-12-1-3-13(24)4-2-12)16(15(19)6-11)22-8-14-9-23-17(20)25-14/h5-6,9,12-13,21-22,24H,1-4,7-8H2. The number of nitrogens with one attached hydrogen (secondary N) is 2. The highest BCUT2D eigenvalue weighted by Crippen LogP contribution is 2.32. The lowest BCUT2D eigenvalue weighted by Gasteiger charge is -2.27. The summed E-state index contributed by atoms with van der Waals surface area (Å²) >= 11 is 14.6. The minimum absolute atomic E-state index is 0.124. The highest BCUT2D eigenvalue weighted by molar-refractivity contribution is 9.11. The van der Waals surface area contributed by atoms with Gasteiger partial charge in [0.05, 0.1) is 18.3 Å². The van der Waals surface area contributed by atoms with Gasteiger partial charge in [0.25, 0.3) is 0 Å². The van der Waals surface area contributed by atoms with Crippen molar-refractivity contribution in [2.75, 3.05) is 5.32 Å². The molecule has 1 saturated carbocycles. The molecule has 1 fully saturated rings. The van der Waals surface area contributed by atoms with Crippen molar-refractivity contribution in [3.05, 3.63) is 42.2 Å². The van der Waals surface area contributed by atoms with Crippen LogP contribution in [0.5, 0.6) is 0 Å². The number of aliphatic hydroxyl groups is 1. The molecule has 0 amide bonds. The third-order valence-electron chi connectivity index (χ3n) is 4.38. The van der Waals surface area contributed by atoms with E-state index in [2.05, 4.69) is 53.5 Å². The minimum Gasteiger partial charge on any atom is -0.393 e. The Morgan fingerprint density at radius 1 is 1.20 bits per heavy atom. The zero-order valence-corrected chi connectivity index (χ0v) is 18.3. The SMILES string of the molecule is OC1CCC(NCc2cc(Br)cc(Br)c2NCc2cnc(Cl)s2)CC1. The molecule has 25 heavy (non-hydrogen) atoms. The van der Waals surface area contributed by atoms with Crippen molar-refractivity contribution in [3.8, 4) is 0 Å². The first kappa shape index (κ1) is 19.6. The molecule has 0 aliphatic heterocycles. The summed E-state index contributed by atoms with van der Waals surface area (Å²) in [7, 11) is 0. The van der Waals surface area contributed by atoms with Crippen molar-refractivity contribution in [2.45, 2.75) is 50.9 Å². The Kier molecular flexibility index (Phi) is 7.17. The maximum atomic E-state index is 9.65. The number of thiazole rings is 1. The molecule has 4 nitrogen and oxygen atoms in total. The summed E-state index contributed by atoms with van der Waals surface area (Å²) < 4.78 is 2.63. The molecule has 1 aromatic carbocycles. The summed E-state index contributed by atoms with van der Waals surface area (Å²) in [4.78, 5) is 5.18. The summed E-state index contributed by atoms with van der Waals surface area (Å²) in [5.74, 6) is 0. The van der Waals surface area contributed by atoms with E-state index in [-0.39, 0.29) is 6.10 Å². The van der Waals surface area contributed by atoms with Crippen LogP contribution in [0.15, 0.2) is 27.3 Å². The molecule has 3 rings (SSSR count). The first-order valence-electron chi connectivity index (χ1n) is 8.24. The minimum atomic E-state index is -0.124. The van der Waals surface area contributed by atoms with Crippen molar-refractivity contribution in [1.29, 1.82) is 0 Å². The molecule has 8 heteroatoms. The summed E-state index contributed by atoms with van der Waals surface area (Å²) in [5.41, 5.74) is 2.28. The van der Waals surface area contributed by atoms with Crippen LogP contribution in [-0.2, 0) is 13.1 Å². The topological polar surface area (TPSA) is 57.2 Å². The van der Waals surface area contributed by atoms with E-state index >= 15 is 0 Å². The Hall–Kier alpha value is -0.180. The Morgan fingerprint density at radius 2 is 1.96 bits per heavy atom. The van der Waals surface area contributed by atoms with Gasteiger partial charge in [-0.25, -0.2) is 4.98 Å². The van der Waals surface area contributed by atoms with Crippen LogP contribution >= 0.6 is 54.8 Å². The number of hydrogen-bond acceptors (Lipinski definition) is 5. The van der Waals surface area contributed by atoms with Gasteiger partial charge < -0.3 is 15.7 Å². The predicted molar refractivity (Wildman–Crippen MR) is 111 cm³/mol. The van der Waals surface area contributed by atoms with Crippen LogP contribution in [-0.4, -0.2) is 22.2 Å². The lowest BCUT2D eigenvalue weighted by atomic mass is 9.93. The van der Waals surface area contributed by atoms with Gasteiger partial charge in [-0.2, -0.15) is 0 Å². The molecule has 0 atom stereocenters. The smallest absolute Gasteiger partial charge is 0.183 e. The molecule has 136 valence electrons. The Bertz CT molecular complexity index is 720. The van der Waals surface area contributed by atoms with Crippen LogP contribution in [0.4, 0.5) is 5.69 Å². The predicted octanol–water partition coefficient (Wildman–Crippen LogP) is 5.33. The van der Waals surface area contributed by atoms with Crippen LogP contribution in [0, 0.1) is 0 Å². The first-order valence-corrected chi connectivity index (χ1v) is 11.0. The number of aromatic nitrogens is 1. The molecule has 1 heterocycles. The Balaban J connectivity index is 1.66. The molecular weight excluding hydrogens is 490 g/mol. The van der Waals surface area contributed by atoms with Crippen LogP contribution in [0.25, 0.3) is 0 Å². The van der Waals surface area contributed by atoms with E-state index in [4.69, 9.17) is 11.6 Å². The lowest BCUT2D eigenvalue weighted by Crippen LogP contribution is -2.34. The molecule has 0 radical (unpaired) electrons. The first-order chi connectivity index (χ1) is 12.0. The summed E-state index contributed by atoms with van der Waals surface area (Å²) in [5, 5.41) is 16.8. The van der Waals surface area contributed by atoms with Gasteiger partial charge in [-0.3, -0.25) is 0 Å². The van der Waals surface area contributed by atoms with Crippen LogP contribution < -0.4 is 10.6 Å². The molecule has 0 spiro atoms. The van der Waals surface area contributed by atoms with E-state index in [1.165, 1.54) is 16.9 Å². The van der Waals surface area contributed by atoms with E-state index in [0.717, 1.165) is 51.7 Å². The molecule has 1 aliphatic rings. The number of halogens is 3. The fraction of sp³-hybridized carbons (Fsp3) is 0.471. The number of hydrogen-bond donors (Lipinski definition) is 3. The summed E-state index contributed by atoms with van der Waals surface area (Å²) in [6.45, 7) is 1.47. The van der Waals surface area contributed by atoms with E-state index < -0.39 is 0 Å². The summed E-state index contributed by atoms with van der Waals surface area (Å²) in [6.07, 6.45) is 5.50. The monoisotopic (exact) mass is 507 g/mol. The largest absolute Gasteiger partial charge is 0.393 e. The quantitative estimate of drug-likeness (QED) is 0.493. The molecule has 2 aromatic rings. The van der Waals surface area contributed by atoms with E-state index in [9.17, 15) is 5.11 Å². The molecule has 1 aliphatic carbocycles. The van der Waals surface area contributed by atoms with E-state index in [1.54, 1.807) is 6.20 Å². The molecule has 0 unspecified atom stereocenters. The molecular formula is C17H20Br2ClN3OS. The maximum absolute atomic E-state index is 9.65. The van der Waals surface area contributed by atoms with Crippen LogP contribution in [0.3, 0.4) is 0 Å². The lowest BCUT2D eigenvalue weighted by molar-refractivity contribution is 0.116. The van der Waals surface area contributed by atoms with Gasteiger partial charge >= 0.3 is 0 Å². The number of anilines is 1. The third-order valence-corrected chi connectivity index (χ3v) is 6.58. The van der Waals surface area contributed by atoms with E-state index in [1.807, 2.05) is 6.07 Å². The van der Waals surface area contributed by atoms with Crippen molar-refractivity contribution < 1.29 is 5.11 Å². The van der Waals surface area contributed by atoms with Gasteiger partial charge in [-0.05, 0) is 59.3 Å². The molecule has 1 aromatic heterocycles. The maximum Gasteiger partial charge on any atom is 0.183 e. The van der Waals surface area contributed by atoms with Crippen molar-refractivity contribution in [1.82, 2.24) is 10.3 Å². The van der Waals surface area contributed by atoms with E-state index in [0.29, 0.717) is 17.1 Å². The Labute approximate surface area is 173 Å². The zero-order valence-electron chi connectivity index (χ0n) is 13.6. The van der Waals surface area contributed by atoms with Gasteiger partial charge in [-0.15, -0.1) is 11.3 Å². The average molecular weight is 510 g/mol. The normalized spacial score (nSPS) is 20.6. The van der Waals surface area contributed by atoms with Crippen LogP contribution in [0.1, 0.15) is 36.1 Å². The second kappa shape index (κ2) is 9.15. The number of benzene rings is 1. The zero-order chi connectivity index (χ0) is 17.8. The van der Waals surface area contributed by atoms with Crippen molar-refractivity contribution in [2.24, 2.45) is 0 Å². The van der Waals surface area contributed by atoms with Crippen LogP contribution in [0.2, 0.25) is 4.47 Å². The summed E-state index contributed by atoms with van der Waals surface area (Å²) in [6, 6.07) is 4.65. The van der Waals surface area contributed by atoms with Crippen molar-refractivity contribution >= 4 is 60.5 Å². The highest BCUT2D eigenvalue weighted by atomic mass is 79.9. The average Bonchev–Trinajstić information content (AvgIpc) is 2.98. The van der Waals surface area contributed by atoms with Crippen molar-refractivity contribution in [3.63, 3.8) is 0 Å². The molecule has 0 bridgehead atoms. The second-order valence-electron chi connectivity index (χ2n) is 6.24. The second-order valence-corrected chi connectivity index (χ2v) is 9.71. The van der Waals surface area contributed by atoms with Gasteiger partial charge in [0.1, 0.15) is 0 Å². The number of aliphatic hydroxyl groups excluding tert-OH is 1. The fourth-order valence-electron chi connectivity index (χ4n) is 3.04. The third kappa shape index (κ3) is 5.65. The molecule has 3 N–H and O–H groups in total. The Morgan fingerprint density at radius 3 is 2.64 bits per heavy atom. The highest BCUT2D eigenvalue weighted by Gasteiger charge is 2.19. The van der Waals surface area contributed by atoms with Gasteiger partial charge in [0, 0.05) is 32.6 Å². The number of nitrogens with zero attached hydrogens (tertiary/aromatic N) is 1. The van der Waals surface area contributed by atoms with Gasteiger partial charge in [0.2, 0.25) is 0 Å². The number of rotatable bonds is 6. The van der Waals surface area contributed by atoms with Gasteiger partial charge in [0.15, 0.2) is 4.47 Å². The van der Waals surface area contributed by atoms with Gasteiger partial charge in [-0.1, -0.05) is 27.5 Å². The fourth-order valence-corrected chi connectivity index (χ4v) is 5.41.